The fraction of sp³-hybridized carbons (Fsp3) is 0.600. The Morgan fingerprint density at radius 1 is 1.28 bits per heavy atom. The number of aliphatic hydroxyl groups excluding tert-OH is 1. The Morgan fingerprint density at radius 3 is 2.56 bits per heavy atom. The first-order chi connectivity index (χ1) is 8.65. The van der Waals surface area contributed by atoms with E-state index in [0.717, 1.165) is 10.0 Å². The van der Waals surface area contributed by atoms with Crippen LogP contribution in [0.15, 0.2) is 28.7 Å². The molecule has 0 saturated heterocycles. The second-order valence-electron chi connectivity index (χ2n) is 5.45. The van der Waals surface area contributed by atoms with E-state index in [1.165, 1.54) is 32.1 Å². The van der Waals surface area contributed by atoms with E-state index in [1.807, 2.05) is 18.2 Å². The summed E-state index contributed by atoms with van der Waals surface area (Å²) in [7, 11) is 0. The van der Waals surface area contributed by atoms with E-state index in [-0.39, 0.29) is 12.1 Å². The second-order valence-corrected chi connectivity index (χ2v) is 6.30. The molecule has 1 aliphatic carbocycles. The van der Waals surface area contributed by atoms with Gasteiger partial charge in [0, 0.05) is 10.5 Å². The molecule has 3 heteroatoms. The molecule has 1 saturated carbocycles. The number of hydrogen-bond acceptors (Lipinski definition) is 2. The molecule has 1 aliphatic rings. The molecule has 100 valence electrons. The summed E-state index contributed by atoms with van der Waals surface area (Å²) < 4.78 is 1.06. The SMILES string of the molecule is CC(CO)(NC1CCCCC1)c1ccccc1Br. The van der Waals surface area contributed by atoms with Crippen LogP contribution in [-0.2, 0) is 5.54 Å². The summed E-state index contributed by atoms with van der Waals surface area (Å²) in [5, 5.41) is 13.5. The maximum Gasteiger partial charge on any atom is 0.0653 e. The Hall–Kier alpha value is -0.380. The second kappa shape index (κ2) is 6.18. The monoisotopic (exact) mass is 311 g/mol. The van der Waals surface area contributed by atoms with Crippen molar-refractivity contribution >= 4 is 15.9 Å². The molecule has 0 radical (unpaired) electrons. The number of halogens is 1. The van der Waals surface area contributed by atoms with Gasteiger partial charge < -0.3 is 10.4 Å². The van der Waals surface area contributed by atoms with Gasteiger partial charge in [-0.15, -0.1) is 0 Å². The predicted octanol–water partition coefficient (Wildman–Crippen LogP) is 3.58. The zero-order valence-corrected chi connectivity index (χ0v) is 12.5. The van der Waals surface area contributed by atoms with E-state index in [2.05, 4.69) is 34.2 Å². The molecular formula is C15H22BrNO. The number of aliphatic hydroxyl groups is 1. The van der Waals surface area contributed by atoms with E-state index in [0.29, 0.717) is 6.04 Å². The average Bonchev–Trinajstić information content (AvgIpc) is 2.40. The Bertz CT molecular complexity index is 390. The molecule has 1 fully saturated rings. The van der Waals surface area contributed by atoms with E-state index < -0.39 is 0 Å². The van der Waals surface area contributed by atoms with Gasteiger partial charge in [-0.3, -0.25) is 0 Å². The summed E-state index contributed by atoms with van der Waals surface area (Å²) in [6, 6.07) is 8.67. The summed E-state index contributed by atoms with van der Waals surface area (Å²) in [6.45, 7) is 2.20. The molecule has 0 heterocycles. The zero-order valence-electron chi connectivity index (χ0n) is 11.0. The van der Waals surface area contributed by atoms with Crippen molar-refractivity contribution in [2.75, 3.05) is 6.61 Å². The Balaban J connectivity index is 2.16. The zero-order chi connectivity index (χ0) is 13.0. The van der Waals surface area contributed by atoms with Crippen LogP contribution in [0.25, 0.3) is 0 Å². The number of nitrogens with one attached hydrogen (secondary N) is 1. The lowest BCUT2D eigenvalue weighted by molar-refractivity contribution is 0.150. The van der Waals surface area contributed by atoms with Crippen LogP contribution in [0, 0.1) is 0 Å². The van der Waals surface area contributed by atoms with E-state index >= 15 is 0 Å². The van der Waals surface area contributed by atoms with Crippen LogP contribution in [-0.4, -0.2) is 17.8 Å². The maximum absolute atomic E-state index is 9.81. The molecule has 0 bridgehead atoms. The molecule has 2 nitrogen and oxygen atoms in total. The van der Waals surface area contributed by atoms with Gasteiger partial charge in [0.1, 0.15) is 0 Å². The van der Waals surface area contributed by atoms with Crippen molar-refractivity contribution in [3.05, 3.63) is 34.3 Å². The van der Waals surface area contributed by atoms with Gasteiger partial charge >= 0.3 is 0 Å². The van der Waals surface area contributed by atoms with Gasteiger partial charge in [-0.1, -0.05) is 53.4 Å². The highest BCUT2D eigenvalue weighted by Crippen LogP contribution is 2.30. The Labute approximate surface area is 118 Å². The lowest BCUT2D eigenvalue weighted by Crippen LogP contribution is -2.49. The first-order valence-electron chi connectivity index (χ1n) is 6.79. The van der Waals surface area contributed by atoms with Gasteiger partial charge in [-0.2, -0.15) is 0 Å². The van der Waals surface area contributed by atoms with Crippen LogP contribution in [0.5, 0.6) is 0 Å². The summed E-state index contributed by atoms with van der Waals surface area (Å²) in [5.74, 6) is 0. The van der Waals surface area contributed by atoms with Gasteiger partial charge in [0.25, 0.3) is 0 Å². The molecule has 0 amide bonds. The maximum atomic E-state index is 9.81. The molecule has 1 aromatic carbocycles. The third-order valence-electron chi connectivity index (χ3n) is 3.91. The molecule has 18 heavy (non-hydrogen) atoms. The average molecular weight is 312 g/mol. The fourth-order valence-corrected chi connectivity index (χ4v) is 3.54. The van der Waals surface area contributed by atoms with E-state index in [1.54, 1.807) is 0 Å². The van der Waals surface area contributed by atoms with Crippen molar-refractivity contribution in [3.8, 4) is 0 Å². The third-order valence-corrected chi connectivity index (χ3v) is 4.60. The smallest absolute Gasteiger partial charge is 0.0653 e. The van der Waals surface area contributed by atoms with Gasteiger partial charge in [-0.25, -0.2) is 0 Å². The molecular weight excluding hydrogens is 290 g/mol. The minimum Gasteiger partial charge on any atom is -0.394 e. The van der Waals surface area contributed by atoms with Gasteiger partial charge in [-0.05, 0) is 31.4 Å². The van der Waals surface area contributed by atoms with E-state index in [9.17, 15) is 5.11 Å². The molecule has 2 rings (SSSR count). The highest BCUT2D eigenvalue weighted by molar-refractivity contribution is 9.10. The standard InChI is InChI=1S/C15H22BrNO/c1-15(11-18,13-9-5-6-10-14(13)16)17-12-7-3-2-4-8-12/h5-6,9-10,12,17-18H,2-4,7-8,11H2,1H3. The van der Waals surface area contributed by atoms with Crippen molar-refractivity contribution in [3.63, 3.8) is 0 Å². The van der Waals surface area contributed by atoms with Crippen molar-refractivity contribution in [2.45, 2.75) is 50.6 Å². The quantitative estimate of drug-likeness (QED) is 0.891. The van der Waals surface area contributed by atoms with Crippen molar-refractivity contribution in [1.82, 2.24) is 5.32 Å². The fourth-order valence-electron chi connectivity index (χ4n) is 2.81. The van der Waals surface area contributed by atoms with Crippen molar-refractivity contribution in [1.29, 1.82) is 0 Å². The summed E-state index contributed by atoms with van der Waals surface area (Å²) in [5.41, 5.74) is 0.778. The Kier molecular flexibility index (Phi) is 4.82. The highest BCUT2D eigenvalue weighted by atomic mass is 79.9. The van der Waals surface area contributed by atoms with Gasteiger partial charge in [0.2, 0.25) is 0 Å². The first kappa shape index (κ1) is 14.0. The predicted molar refractivity (Wildman–Crippen MR) is 78.6 cm³/mol. The summed E-state index contributed by atoms with van der Waals surface area (Å²) >= 11 is 3.59. The normalized spacial score (nSPS) is 20.6. The topological polar surface area (TPSA) is 32.3 Å². The highest BCUT2D eigenvalue weighted by Gasteiger charge is 2.30. The molecule has 0 spiro atoms. The molecule has 1 aromatic rings. The lowest BCUT2D eigenvalue weighted by Gasteiger charge is -2.36. The molecule has 0 aromatic heterocycles. The largest absolute Gasteiger partial charge is 0.394 e. The Morgan fingerprint density at radius 2 is 1.94 bits per heavy atom. The number of benzene rings is 1. The van der Waals surface area contributed by atoms with Gasteiger partial charge in [0.15, 0.2) is 0 Å². The minimum atomic E-state index is -0.359. The lowest BCUT2D eigenvalue weighted by atomic mass is 9.88. The van der Waals surface area contributed by atoms with Crippen LogP contribution < -0.4 is 5.32 Å². The molecule has 0 aliphatic heterocycles. The van der Waals surface area contributed by atoms with Crippen molar-refractivity contribution < 1.29 is 5.11 Å². The number of hydrogen-bond donors (Lipinski definition) is 2. The summed E-state index contributed by atoms with van der Waals surface area (Å²) in [6.07, 6.45) is 6.40. The molecule has 2 N–H and O–H groups in total. The van der Waals surface area contributed by atoms with Crippen LogP contribution in [0.3, 0.4) is 0 Å². The van der Waals surface area contributed by atoms with Gasteiger partial charge in [0.05, 0.1) is 12.1 Å². The minimum absolute atomic E-state index is 0.117. The van der Waals surface area contributed by atoms with E-state index in [4.69, 9.17) is 0 Å². The summed E-state index contributed by atoms with van der Waals surface area (Å²) in [4.78, 5) is 0. The van der Waals surface area contributed by atoms with Crippen LogP contribution in [0.2, 0.25) is 0 Å². The van der Waals surface area contributed by atoms with Crippen LogP contribution in [0.1, 0.15) is 44.6 Å². The molecule has 1 atom stereocenters. The van der Waals surface area contributed by atoms with Crippen LogP contribution >= 0.6 is 15.9 Å². The molecule has 1 unspecified atom stereocenters. The first-order valence-corrected chi connectivity index (χ1v) is 7.58. The van der Waals surface area contributed by atoms with Crippen molar-refractivity contribution in [2.24, 2.45) is 0 Å². The third kappa shape index (κ3) is 3.14. The van der Waals surface area contributed by atoms with Crippen LogP contribution in [0.4, 0.5) is 0 Å². The number of rotatable bonds is 4.